The van der Waals surface area contributed by atoms with Crippen molar-refractivity contribution in [2.24, 2.45) is 0 Å². The molecule has 0 saturated heterocycles. The summed E-state index contributed by atoms with van der Waals surface area (Å²) in [7, 11) is -3.27. The van der Waals surface area contributed by atoms with Gasteiger partial charge in [0.05, 0.1) is 36.9 Å². The van der Waals surface area contributed by atoms with Crippen molar-refractivity contribution in [2.75, 3.05) is 13.7 Å². The molecule has 0 aliphatic heterocycles. The fraction of sp³-hybridized carbons (Fsp3) is 0.238. The molecule has 0 bridgehead atoms. The molecule has 1 heterocycles. The Morgan fingerprint density at radius 3 is 2.50 bits per heavy atom. The Morgan fingerprint density at radius 1 is 1.15 bits per heavy atom. The van der Waals surface area contributed by atoms with E-state index in [9.17, 15) is 27.2 Å². The van der Waals surface area contributed by atoms with Crippen LogP contribution in [0, 0.1) is 5.82 Å². The van der Waals surface area contributed by atoms with Crippen LogP contribution in [0.4, 0.5) is 4.39 Å². The Morgan fingerprint density at radius 2 is 1.85 bits per heavy atom. The zero-order chi connectivity index (χ0) is 24.9. The molecule has 180 valence electrons. The van der Waals surface area contributed by atoms with E-state index in [2.05, 4.69) is 4.98 Å². The number of hydrogen-bond acceptors (Lipinski definition) is 9. The van der Waals surface area contributed by atoms with Crippen molar-refractivity contribution in [3.05, 3.63) is 53.8 Å². The summed E-state index contributed by atoms with van der Waals surface area (Å²) < 4.78 is 45.2. The number of nitrogens with zero attached hydrogens (tertiary/aromatic N) is 2. The second-order valence-corrected chi connectivity index (χ2v) is 9.70. The number of rotatable bonds is 10. The molecule has 1 N–H and O–H groups in total. The summed E-state index contributed by atoms with van der Waals surface area (Å²) >= 11 is 0.796. The van der Waals surface area contributed by atoms with E-state index in [0.29, 0.717) is 28.1 Å². The third-order valence-corrected chi connectivity index (χ3v) is 7.14. The molecule has 0 atom stereocenters. The van der Waals surface area contributed by atoms with Gasteiger partial charge in [-0.2, -0.15) is 8.42 Å². The Balaban J connectivity index is 1.65. The maximum Gasteiger partial charge on any atom is 0.301 e. The zero-order valence-electron chi connectivity index (χ0n) is 18.1. The molecule has 1 aromatic heterocycles. The fourth-order valence-corrected chi connectivity index (χ4v) is 5.02. The van der Waals surface area contributed by atoms with Gasteiger partial charge in [0.2, 0.25) is 10.1 Å². The quantitative estimate of drug-likeness (QED) is 0.250. The summed E-state index contributed by atoms with van der Waals surface area (Å²) in [5, 5.41) is 0.802. The lowest BCUT2D eigenvalue weighted by Gasteiger charge is -2.19. The van der Waals surface area contributed by atoms with Crippen LogP contribution in [-0.4, -0.2) is 49.8 Å². The van der Waals surface area contributed by atoms with Gasteiger partial charge >= 0.3 is 5.91 Å². The highest BCUT2D eigenvalue weighted by molar-refractivity contribution is 7.92. The second-order valence-electron chi connectivity index (χ2n) is 6.82. The Labute approximate surface area is 198 Å². The fourth-order valence-electron chi connectivity index (χ4n) is 2.79. The van der Waals surface area contributed by atoms with Crippen LogP contribution in [0.15, 0.2) is 46.8 Å². The number of fused-ring (bicyclic) bond motifs is 1. The van der Waals surface area contributed by atoms with Gasteiger partial charge in [0, 0.05) is 0 Å². The van der Waals surface area contributed by atoms with E-state index in [4.69, 9.17) is 9.57 Å². The molecule has 10 nitrogen and oxygen atoms in total. The molecule has 34 heavy (non-hydrogen) atoms. The van der Waals surface area contributed by atoms with Gasteiger partial charge in [-0.1, -0.05) is 12.1 Å². The predicted molar refractivity (Wildman–Crippen MR) is 120 cm³/mol. The van der Waals surface area contributed by atoms with Gasteiger partial charge in [0.15, 0.2) is 0 Å². The van der Waals surface area contributed by atoms with Gasteiger partial charge in [-0.25, -0.2) is 19.2 Å². The number of hydroxylamine groups is 2. The van der Waals surface area contributed by atoms with E-state index in [0.717, 1.165) is 16.4 Å². The number of nitrogens with one attached hydrogen (secondary N) is 1. The van der Waals surface area contributed by atoms with Crippen molar-refractivity contribution in [3.63, 3.8) is 0 Å². The van der Waals surface area contributed by atoms with Crippen molar-refractivity contribution in [1.29, 1.82) is 0 Å². The monoisotopic (exact) mass is 509 g/mol. The standard InChI is InChI=1S/C21H20FN3O7S2/c1-3-32-15-8-9-16-18(10-15)33-21(23-16)34(29,30)24-20(28)17(26)11-19(27)25(31-2)12-13-4-6-14(22)7-5-13/h4-10H,3,11-12H2,1-2H3,(H,24,28). The number of sulfonamides is 1. The number of amides is 2. The number of thiazole rings is 1. The first-order chi connectivity index (χ1) is 16.1. The molecule has 0 spiro atoms. The van der Waals surface area contributed by atoms with E-state index in [-0.39, 0.29) is 6.54 Å². The van der Waals surface area contributed by atoms with Gasteiger partial charge in [0.1, 0.15) is 11.6 Å². The largest absolute Gasteiger partial charge is 0.494 e. The van der Waals surface area contributed by atoms with Crippen LogP contribution in [0.5, 0.6) is 5.75 Å². The van der Waals surface area contributed by atoms with Crippen LogP contribution in [0.25, 0.3) is 10.2 Å². The van der Waals surface area contributed by atoms with Gasteiger partial charge in [-0.05, 0) is 42.8 Å². The van der Waals surface area contributed by atoms with Gasteiger partial charge < -0.3 is 4.74 Å². The summed E-state index contributed by atoms with van der Waals surface area (Å²) in [6, 6.07) is 10.0. The van der Waals surface area contributed by atoms with Gasteiger partial charge in [-0.15, -0.1) is 11.3 Å². The summed E-state index contributed by atoms with van der Waals surface area (Å²) in [5.74, 6) is -3.58. The summed E-state index contributed by atoms with van der Waals surface area (Å²) in [4.78, 5) is 45.7. The number of carbonyl (C=O) groups is 3. The van der Waals surface area contributed by atoms with Crippen LogP contribution in [-0.2, 0) is 35.8 Å². The van der Waals surface area contributed by atoms with E-state index in [1.807, 2.05) is 0 Å². The SMILES string of the molecule is CCOc1ccc2nc(S(=O)(=O)NC(=O)C(=O)CC(=O)N(Cc3ccc(F)cc3)OC)sc2c1. The minimum absolute atomic E-state index is 0.113. The van der Waals surface area contributed by atoms with E-state index < -0.39 is 44.2 Å². The van der Waals surface area contributed by atoms with Crippen LogP contribution in [0.1, 0.15) is 18.9 Å². The van der Waals surface area contributed by atoms with Gasteiger partial charge in [0.25, 0.3) is 15.9 Å². The van der Waals surface area contributed by atoms with Crippen LogP contribution < -0.4 is 9.46 Å². The lowest BCUT2D eigenvalue weighted by atomic mass is 10.2. The van der Waals surface area contributed by atoms with E-state index >= 15 is 0 Å². The molecule has 0 aliphatic rings. The van der Waals surface area contributed by atoms with Crippen molar-refractivity contribution >= 4 is 49.2 Å². The molecule has 0 saturated carbocycles. The number of ketones is 1. The topological polar surface area (TPSA) is 132 Å². The predicted octanol–water partition coefficient (Wildman–Crippen LogP) is 2.19. The summed E-state index contributed by atoms with van der Waals surface area (Å²) in [6.07, 6.45) is -0.937. The Hall–Kier alpha value is -3.42. The normalized spacial score (nSPS) is 11.3. The van der Waals surface area contributed by atoms with Crippen LogP contribution >= 0.6 is 11.3 Å². The number of hydrogen-bond donors (Lipinski definition) is 1. The molecule has 3 rings (SSSR count). The molecule has 0 unspecified atom stereocenters. The number of Topliss-reactive ketones (excluding diaryl/α,β-unsaturated/α-hetero) is 1. The lowest BCUT2D eigenvalue weighted by Crippen LogP contribution is -2.39. The smallest absolute Gasteiger partial charge is 0.301 e. The molecular weight excluding hydrogens is 489 g/mol. The summed E-state index contributed by atoms with van der Waals surface area (Å²) in [6.45, 7) is 2.12. The highest BCUT2D eigenvalue weighted by Gasteiger charge is 2.28. The van der Waals surface area contributed by atoms with Crippen molar-refractivity contribution < 1.29 is 36.8 Å². The van der Waals surface area contributed by atoms with Crippen LogP contribution in [0.2, 0.25) is 0 Å². The molecule has 0 aliphatic carbocycles. The van der Waals surface area contributed by atoms with Crippen LogP contribution in [0.3, 0.4) is 0 Å². The molecule has 2 aromatic carbocycles. The van der Waals surface area contributed by atoms with Crippen molar-refractivity contribution in [1.82, 2.24) is 14.8 Å². The lowest BCUT2D eigenvalue weighted by molar-refractivity contribution is -0.180. The molecule has 0 fully saturated rings. The number of aromatic nitrogens is 1. The first kappa shape index (κ1) is 25.2. The average molecular weight is 510 g/mol. The maximum atomic E-state index is 13.0. The molecule has 2 amide bonds. The molecular formula is C21H20FN3O7S2. The second kappa shape index (κ2) is 10.7. The van der Waals surface area contributed by atoms with Gasteiger partial charge in [-0.3, -0.25) is 19.2 Å². The Kier molecular flexibility index (Phi) is 7.91. The maximum absolute atomic E-state index is 13.0. The average Bonchev–Trinajstić information content (AvgIpc) is 3.23. The molecule has 3 aromatic rings. The highest BCUT2D eigenvalue weighted by atomic mass is 32.2. The molecule has 13 heteroatoms. The van der Waals surface area contributed by atoms with Crippen molar-refractivity contribution in [3.8, 4) is 5.75 Å². The molecule has 0 radical (unpaired) electrons. The minimum Gasteiger partial charge on any atom is -0.494 e. The number of carbonyl (C=O) groups excluding carboxylic acids is 3. The highest BCUT2D eigenvalue weighted by Crippen LogP contribution is 2.28. The minimum atomic E-state index is -4.45. The first-order valence-electron chi connectivity index (χ1n) is 9.85. The third-order valence-electron chi connectivity index (χ3n) is 4.41. The van der Waals surface area contributed by atoms with E-state index in [1.54, 1.807) is 29.8 Å². The number of halogens is 1. The Bertz CT molecular complexity index is 1320. The first-order valence-corrected chi connectivity index (χ1v) is 12.1. The number of benzene rings is 2. The summed E-state index contributed by atoms with van der Waals surface area (Å²) in [5.41, 5.74) is 0.888. The third kappa shape index (κ3) is 6.12. The zero-order valence-corrected chi connectivity index (χ0v) is 19.7. The van der Waals surface area contributed by atoms with Crippen molar-refractivity contribution in [2.45, 2.75) is 24.2 Å². The number of ether oxygens (including phenoxy) is 1. The van der Waals surface area contributed by atoms with E-state index in [1.165, 1.54) is 31.4 Å².